The van der Waals surface area contributed by atoms with E-state index in [1.807, 2.05) is 36.4 Å². The van der Waals surface area contributed by atoms with Gasteiger partial charge in [0.1, 0.15) is 5.69 Å². The minimum Gasteiger partial charge on any atom is -0.393 e. The van der Waals surface area contributed by atoms with Crippen LogP contribution in [0.2, 0.25) is 0 Å². The number of hydrogen-bond acceptors (Lipinski definition) is 11. The predicted molar refractivity (Wildman–Crippen MR) is 156 cm³/mol. The van der Waals surface area contributed by atoms with Gasteiger partial charge in [0.05, 0.1) is 71.0 Å². The highest BCUT2D eigenvalue weighted by atomic mass is 16.6. The number of fused-ring (bicyclic) bond motifs is 8. The summed E-state index contributed by atoms with van der Waals surface area (Å²) in [5, 5.41) is 39.2. The lowest BCUT2D eigenvalue weighted by Crippen LogP contribution is -2.00. The average molecular weight is 556 g/mol. The van der Waals surface area contributed by atoms with Crippen molar-refractivity contribution in [3.05, 3.63) is 91.0 Å². The van der Waals surface area contributed by atoms with Gasteiger partial charge in [0.25, 0.3) is 5.69 Å². The number of nitro benzene ring substituents is 3. The summed E-state index contributed by atoms with van der Waals surface area (Å²) in [6.45, 7) is 0. The molecule has 0 aliphatic heterocycles. The molecule has 0 saturated carbocycles. The van der Waals surface area contributed by atoms with Crippen molar-refractivity contribution in [2.24, 2.45) is 0 Å². The van der Waals surface area contributed by atoms with E-state index in [0.717, 1.165) is 33.7 Å². The lowest BCUT2D eigenvalue weighted by Gasteiger charge is -2.16. The Bertz CT molecular complexity index is 2590. The van der Waals surface area contributed by atoms with Crippen LogP contribution in [0.5, 0.6) is 0 Å². The van der Waals surface area contributed by atoms with E-state index in [-0.39, 0.29) is 22.4 Å². The summed E-state index contributed by atoms with van der Waals surface area (Å²) in [4.78, 5) is 51.6. The molecule has 0 atom stereocenters. The van der Waals surface area contributed by atoms with Crippen molar-refractivity contribution in [3.8, 4) is 0 Å². The molecule has 2 heterocycles. The molecule has 2 N–H and O–H groups in total. The van der Waals surface area contributed by atoms with Crippen LogP contribution in [0, 0.1) is 30.3 Å². The summed E-state index contributed by atoms with van der Waals surface area (Å²) in [5.74, 6) is 0. The van der Waals surface area contributed by atoms with Crippen LogP contribution >= 0.6 is 0 Å². The first-order valence-corrected chi connectivity index (χ1v) is 12.4. The molecule has 8 aromatic rings. The maximum atomic E-state index is 11.6. The van der Waals surface area contributed by atoms with E-state index in [2.05, 4.69) is 0 Å². The second-order valence-corrected chi connectivity index (χ2v) is 9.80. The minimum absolute atomic E-state index is 0.0271. The van der Waals surface area contributed by atoms with Crippen molar-refractivity contribution in [1.29, 1.82) is 0 Å². The first-order valence-electron chi connectivity index (χ1n) is 12.4. The number of hydrogen-bond donors (Lipinski definition) is 1. The zero-order chi connectivity index (χ0) is 29.0. The molecule has 0 bridgehead atoms. The van der Waals surface area contributed by atoms with Crippen molar-refractivity contribution < 1.29 is 14.8 Å². The number of aromatic nitrogens is 4. The third kappa shape index (κ3) is 2.96. The van der Waals surface area contributed by atoms with Crippen molar-refractivity contribution in [1.82, 2.24) is 19.9 Å². The number of nitro groups is 3. The highest BCUT2D eigenvalue weighted by Gasteiger charge is 2.27. The molecule has 42 heavy (non-hydrogen) atoms. The Labute approximate surface area is 230 Å². The second kappa shape index (κ2) is 7.82. The summed E-state index contributed by atoms with van der Waals surface area (Å²) in [5.41, 5.74) is 7.26. The number of nitrogens with two attached hydrogens (primary N) is 1. The van der Waals surface area contributed by atoms with Crippen molar-refractivity contribution >= 4 is 99.2 Å². The molecular weight excluding hydrogens is 544 g/mol. The molecule has 0 spiro atoms. The Morgan fingerprint density at radius 1 is 0.500 bits per heavy atom. The van der Waals surface area contributed by atoms with Crippen LogP contribution < -0.4 is 5.73 Å². The molecule has 0 saturated heterocycles. The number of nitrogens with zero attached hydrogens (tertiary/aromatic N) is 7. The summed E-state index contributed by atoms with van der Waals surface area (Å²) in [6, 6.07) is 16.0. The van der Waals surface area contributed by atoms with Gasteiger partial charge in [-0.15, -0.1) is 0 Å². The van der Waals surface area contributed by atoms with Crippen LogP contribution in [0.3, 0.4) is 0 Å². The number of rotatable bonds is 3. The topological polar surface area (TPSA) is 207 Å². The maximum absolute atomic E-state index is 11.6. The fourth-order valence-corrected chi connectivity index (χ4v) is 5.82. The molecule has 14 nitrogen and oxygen atoms in total. The third-order valence-corrected chi connectivity index (χ3v) is 7.56. The predicted octanol–water partition coefficient (Wildman–Crippen LogP) is 6.08. The molecule has 8 rings (SSSR count). The van der Waals surface area contributed by atoms with Crippen LogP contribution in [-0.2, 0) is 0 Å². The Kier molecular flexibility index (Phi) is 4.36. The fourth-order valence-electron chi connectivity index (χ4n) is 5.82. The summed E-state index contributed by atoms with van der Waals surface area (Å²) in [6.07, 6.45) is 0. The third-order valence-electron chi connectivity index (χ3n) is 7.56. The molecule has 0 aliphatic rings. The molecule has 2 aromatic heterocycles. The van der Waals surface area contributed by atoms with Crippen molar-refractivity contribution in [2.75, 3.05) is 5.73 Å². The first-order chi connectivity index (χ1) is 20.2. The number of anilines is 1. The Morgan fingerprint density at radius 3 is 1.14 bits per heavy atom. The van der Waals surface area contributed by atoms with Crippen LogP contribution in [0.4, 0.5) is 22.7 Å². The number of nitrogen functional groups attached to an aromatic ring is 1. The van der Waals surface area contributed by atoms with E-state index in [1.165, 1.54) is 12.1 Å². The summed E-state index contributed by atoms with van der Waals surface area (Å²) >= 11 is 0. The normalized spacial score (nSPS) is 12.0. The zero-order valence-corrected chi connectivity index (χ0v) is 20.9. The largest absolute Gasteiger partial charge is 0.393 e. The van der Waals surface area contributed by atoms with Crippen molar-refractivity contribution in [3.63, 3.8) is 0 Å². The van der Waals surface area contributed by atoms with E-state index >= 15 is 0 Å². The van der Waals surface area contributed by atoms with Gasteiger partial charge >= 0.3 is 11.4 Å². The smallest absolute Gasteiger partial charge is 0.348 e. The highest BCUT2D eigenvalue weighted by Crippen LogP contribution is 2.44. The molecular formula is C28H12N8O6. The monoisotopic (exact) mass is 556 g/mol. The summed E-state index contributed by atoms with van der Waals surface area (Å²) < 4.78 is 0. The van der Waals surface area contributed by atoms with Gasteiger partial charge in [0.15, 0.2) is 0 Å². The quantitative estimate of drug-likeness (QED) is 0.0866. The second-order valence-electron chi connectivity index (χ2n) is 9.80. The van der Waals surface area contributed by atoms with E-state index < -0.39 is 26.1 Å². The molecule has 0 aliphatic carbocycles. The Balaban J connectivity index is 1.59. The van der Waals surface area contributed by atoms with Gasteiger partial charge in [-0.1, -0.05) is 36.4 Å². The van der Waals surface area contributed by atoms with Crippen LogP contribution in [-0.4, -0.2) is 34.7 Å². The van der Waals surface area contributed by atoms with Gasteiger partial charge in [0.2, 0.25) is 0 Å². The van der Waals surface area contributed by atoms with Crippen LogP contribution in [0.25, 0.3) is 76.5 Å². The van der Waals surface area contributed by atoms with Gasteiger partial charge in [-0.3, -0.25) is 30.3 Å². The van der Waals surface area contributed by atoms with Gasteiger partial charge in [0, 0.05) is 38.4 Å². The molecule has 200 valence electrons. The van der Waals surface area contributed by atoms with Crippen LogP contribution in [0.15, 0.2) is 60.7 Å². The van der Waals surface area contributed by atoms with Gasteiger partial charge in [-0.25, -0.2) is 19.9 Å². The van der Waals surface area contributed by atoms with Crippen LogP contribution in [0.1, 0.15) is 0 Å². The zero-order valence-electron chi connectivity index (χ0n) is 20.9. The number of benzene rings is 6. The van der Waals surface area contributed by atoms with E-state index in [4.69, 9.17) is 25.7 Å². The van der Waals surface area contributed by atoms with Gasteiger partial charge in [-0.2, -0.15) is 0 Å². The molecule has 6 aromatic carbocycles. The highest BCUT2D eigenvalue weighted by molar-refractivity contribution is 6.38. The SMILES string of the molecule is Nc1cc2nc3c4cccc5c6nc7cc([N+](=O)[O-])c([N+](=O)[O-])cc7nc6c6cccc(c3nc2cc1[N+](=O)[O-])c6c45. The van der Waals surface area contributed by atoms with Gasteiger partial charge < -0.3 is 5.73 Å². The maximum Gasteiger partial charge on any atom is 0.348 e. The summed E-state index contributed by atoms with van der Waals surface area (Å²) in [7, 11) is 0. The van der Waals surface area contributed by atoms with Crippen molar-refractivity contribution in [2.45, 2.75) is 0 Å². The first kappa shape index (κ1) is 23.4. The van der Waals surface area contributed by atoms with E-state index in [1.54, 1.807) is 0 Å². The standard InChI is InChI=1S/C28H12N8O6/c29-15-7-16-17(8-20(15)34(37)38)31-26-12-4-2-6-14-24(12)23-11(25(26)30-16)3-1-5-13(23)27-28(14)33-19-10-22(36(41)42)21(35(39)40)9-18(19)32-27/h1-10H,29H2. The molecule has 0 radical (unpaired) electrons. The molecule has 0 unspecified atom stereocenters. The molecule has 0 fully saturated rings. The molecule has 0 amide bonds. The lowest BCUT2D eigenvalue weighted by atomic mass is 9.91. The Morgan fingerprint density at radius 2 is 0.810 bits per heavy atom. The Hall–Kier alpha value is -6.44. The van der Waals surface area contributed by atoms with E-state index in [9.17, 15) is 30.3 Å². The average Bonchev–Trinajstić information content (AvgIpc) is 2.97. The van der Waals surface area contributed by atoms with Gasteiger partial charge in [-0.05, 0) is 6.07 Å². The lowest BCUT2D eigenvalue weighted by molar-refractivity contribution is -0.422. The van der Waals surface area contributed by atoms with E-state index in [0.29, 0.717) is 43.9 Å². The minimum atomic E-state index is -0.817. The fraction of sp³-hybridized carbons (Fsp3) is 0. The molecule has 14 heteroatoms.